The second kappa shape index (κ2) is 7.16. The molecule has 160 valence electrons. The zero-order chi connectivity index (χ0) is 20.2. The lowest BCUT2D eigenvalue weighted by molar-refractivity contribution is -0.140. The van der Waals surface area contributed by atoms with Crippen molar-refractivity contribution in [3.05, 3.63) is 5.82 Å². The third-order valence-electron chi connectivity index (χ3n) is 10.5. The average Bonchev–Trinajstić information content (AvgIpc) is 3.34. The average molecular weight is 399 g/mol. The van der Waals surface area contributed by atoms with Crippen LogP contribution >= 0.6 is 0 Å². The topological polar surface area (TPSA) is 71.5 Å². The van der Waals surface area contributed by atoms with Crippen LogP contribution in [0.5, 0.6) is 0 Å². The SMILES string of the molecule is C[C@H](CCc1nn[nH]n1)C1CCC2C3CCC4CC(=O)CCC4(C)C3CCC21C. The Labute approximate surface area is 175 Å². The number of carbonyl (C=O) groups excluding carboxylic acids is 1. The first kappa shape index (κ1) is 19.7. The van der Waals surface area contributed by atoms with Gasteiger partial charge in [-0.05, 0) is 97.7 Å². The van der Waals surface area contributed by atoms with Gasteiger partial charge in [0.15, 0.2) is 5.82 Å². The smallest absolute Gasteiger partial charge is 0.174 e. The van der Waals surface area contributed by atoms with Crippen LogP contribution in [0, 0.1) is 46.3 Å². The van der Waals surface area contributed by atoms with Crippen LogP contribution in [-0.4, -0.2) is 26.4 Å². The number of ketones is 1. The van der Waals surface area contributed by atoms with Gasteiger partial charge in [-0.25, -0.2) is 0 Å². The lowest BCUT2D eigenvalue weighted by atomic mass is 9.44. The number of aryl methyl sites for hydroxylation is 1. The molecule has 4 aliphatic carbocycles. The van der Waals surface area contributed by atoms with E-state index in [0.29, 0.717) is 22.5 Å². The first-order chi connectivity index (χ1) is 13.9. The number of H-pyrrole nitrogens is 1. The Hall–Kier alpha value is -1.26. The van der Waals surface area contributed by atoms with Crippen LogP contribution < -0.4 is 0 Å². The van der Waals surface area contributed by atoms with Crippen molar-refractivity contribution in [2.24, 2.45) is 46.3 Å². The summed E-state index contributed by atoms with van der Waals surface area (Å²) in [6.45, 7) is 7.66. The monoisotopic (exact) mass is 398 g/mol. The van der Waals surface area contributed by atoms with Crippen LogP contribution in [0.4, 0.5) is 0 Å². The van der Waals surface area contributed by atoms with Crippen molar-refractivity contribution in [1.82, 2.24) is 20.6 Å². The predicted octanol–water partition coefficient (Wildman–Crippen LogP) is 5.00. The molecule has 29 heavy (non-hydrogen) atoms. The summed E-state index contributed by atoms with van der Waals surface area (Å²) in [5, 5.41) is 14.6. The molecule has 7 unspecified atom stereocenters. The van der Waals surface area contributed by atoms with E-state index in [1.165, 1.54) is 44.9 Å². The standard InChI is InChI=1S/C24H38N4O/c1-15(4-9-22-25-27-28-26-22)19-7-8-20-18-6-5-16-14-17(29)10-12-23(16,2)21(18)11-13-24(19,20)3/h15-16,18-21H,4-14H2,1-3H3,(H,25,26,27,28)/t15-,16?,18?,19?,20?,21?,23?,24?/m1/s1. The maximum Gasteiger partial charge on any atom is 0.174 e. The molecule has 0 spiro atoms. The summed E-state index contributed by atoms with van der Waals surface area (Å²) in [6.07, 6.45) is 13.3. The van der Waals surface area contributed by atoms with Gasteiger partial charge >= 0.3 is 0 Å². The zero-order valence-electron chi connectivity index (χ0n) is 18.5. The van der Waals surface area contributed by atoms with Crippen LogP contribution in [0.1, 0.15) is 90.8 Å². The molecule has 1 heterocycles. The molecule has 1 aromatic rings. The summed E-state index contributed by atoms with van der Waals surface area (Å²) in [4.78, 5) is 12.1. The largest absolute Gasteiger partial charge is 0.300 e. The minimum Gasteiger partial charge on any atom is -0.300 e. The number of hydrogen-bond acceptors (Lipinski definition) is 4. The third kappa shape index (κ3) is 3.09. The molecule has 5 rings (SSSR count). The van der Waals surface area contributed by atoms with Crippen LogP contribution in [0.3, 0.4) is 0 Å². The Bertz CT molecular complexity index is 748. The summed E-state index contributed by atoms with van der Waals surface area (Å²) >= 11 is 0. The number of carbonyl (C=O) groups is 1. The summed E-state index contributed by atoms with van der Waals surface area (Å²) in [7, 11) is 0. The number of aromatic amines is 1. The highest BCUT2D eigenvalue weighted by Gasteiger charge is 2.60. The zero-order valence-corrected chi connectivity index (χ0v) is 18.5. The predicted molar refractivity (Wildman–Crippen MR) is 112 cm³/mol. The van der Waals surface area contributed by atoms with E-state index in [2.05, 4.69) is 41.4 Å². The highest BCUT2D eigenvalue weighted by Crippen LogP contribution is 2.68. The lowest BCUT2D eigenvalue weighted by Gasteiger charge is -2.60. The summed E-state index contributed by atoms with van der Waals surface area (Å²) < 4.78 is 0. The summed E-state index contributed by atoms with van der Waals surface area (Å²) in [6, 6.07) is 0. The molecule has 8 atom stereocenters. The molecule has 0 amide bonds. The molecule has 1 aromatic heterocycles. The van der Waals surface area contributed by atoms with Gasteiger partial charge in [-0.2, -0.15) is 5.21 Å². The number of hydrogen-bond donors (Lipinski definition) is 1. The van der Waals surface area contributed by atoms with Gasteiger partial charge in [0.05, 0.1) is 0 Å². The van der Waals surface area contributed by atoms with Crippen molar-refractivity contribution in [2.45, 2.75) is 91.4 Å². The van der Waals surface area contributed by atoms with Crippen molar-refractivity contribution in [3.8, 4) is 0 Å². The van der Waals surface area contributed by atoms with E-state index in [0.717, 1.165) is 61.1 Å². The number of nitrogens with zero attached hydrogens (tertiary/aromatic N) is 3. The van der Waals surface area contributed by atoms with Gasteiger partial charge in [-0.15, -0.1) is 10.2 Å². The fourth-order valence-electron chi connectivity index (χ4n) is 8.87. The molecule has 4 aliphatic rings. The second-order valence-electron chi connectivity index (χ2n) is 11.5. The molecular weight excluding hydrogens is 360 g/mol. The van der Waals surface area contributed by atoms with E-state index in [1.807, 2.05) is 0 Å². The Kier molecular flexibility index (Phi) is 4.86. The fraction of sp³-hybridized carbons (Fsp3) is 0.917. The van der Waals surface area contributed by atoms with Crippen molar-refractivity contribution in [2.75, 3.05) is 0 Å². The van der Waals surface area contributed by atoms with E-state index in [4.69, 9.17) is 0 Å². The first-order valence-electron chi connectivity index (χ1n) is 12.2. The molecule has 0 aliphatic heterocycles. The van der Waals surface area contributed by atoms with Crippen molar-refractivity contribution in [1.29, 1.82) is 0 Å². The minimum absolute atomic E-state index is 0.431. The maximum atomic E-state index is 12.1. The molecule has 0 bridgehead atoms. The highest BCUT2D eigenvalue weighted by molar-refractivity contribution is 5.79. The summed E-state index contributed by atoms with van der Waals surface area (Å²) in [5.74, 6) is 6.27. The van der Waals surface area contributed by atoms with Gasteiger partial charge in [0.1, 0.15) is 5.78 Å². The van der Waals surface area contributed by atoms with E-state index < -0.39 is 0 Å². The van der Waals surface area contributed by atoms with Crippen LogP contribution in [0.15, 0.2) is 0 Å². The number of aromatic nitrogens is 4. The van der Waals surface area contributed by atoms with Crippen LogP contribution in [0.2, 0.25) is 0 Å². The molecule has 1 N–H and O–H groups in total. The summed E-state index contributed by atoms with van der Waals surface area (Å²) in [5.41, 5.74) is 0.937. The van der Waals surface area contributed by atoms with Gasteiger partial charge in [0.25, 0.3) is 0 Å². The molecular formula is C24H38N4O. The van der Waals surface area contributed by atoms with Crippen LogP contribution in [0.25, 0.3) is 0 Å². The van der Waals surface area contributed by atoms with Crippen molar-refractivity contribution >= 4 is 5.78 Å². The van der Waals surface area contributed by atoms with Crippen LogP contribution in [-0.2, 0) is 11.2 Å². The molecule has 0 saturated heterocycles. The highest BCUT2D eigenvalue weighted by atomic mass is 16.1. The van der Waals surface area contributed by atoms with Crippen molar-refractivity contribution < 1.29 is 4.79 Å². The van der Waals surface area contributed by atoms with Crippen molar-refractivity contribution in [3.63, 3.8) is 0 Å². The van der Waals surface area contributed by atoms with Gasteiger partial charge < -0.3 is 0 Å². The van der Waals surface area contributed by atoms with E-state index in [1.54, 1.807) is 0 Å². The maximum absolute atomic E-state index is 12.1. The molecule has 0 aromatic carbocycles. The van der Waals surface area contributed by atoms with Gasteiger partial charge in [-0.1, -0.05) is 26.0 Å². The Morgan fingerprint density at radius 3 is 2.69 bits per heavy atom. The number of rotatable bonds is 4. The van der Waals surface area contributed by atoms with E-state index in [9.17, 15) is 4.79 Å². The molecule has 5 heteroatoms. The second-order valence-corrected chi connectivity index (χ2v) is 11.5. The fourth-order valence-corrected chi connectivity index (χ4v) is 8.87. The normalized spacial score (nSPS) is 45.3. The molecule has 4 fully saturated rings. The number of fused-ring (bicyclic) bond motifs is 5. The molecule has 4 saturated carbocycles. The quantitative estimate of drug-likeness (QED) is 0.775. The Balaban J connectivity index is 1.31. The van der Waals surface area contributed by atoms with Gasteiger partial charge in [0.2, 0.25) is 0 Å². The van der Waals surface area contributed by atoms with E-state index in [-0.39, 0.29) is 0 Å². The number of nitrogens with one attached hydrogen (secondary N) is 1. The molecule has 5 nitrogen and oxygen atoms in total. The third-order valence-corrected chi connectivity index (χ3v) is 10.5. The van der Waals surface area contributed by atoms with E-state index >= 15 is 0 Å². The molecule has 0 radical (unpaired) electrons. The Morgan fingerprint density at radius 2 is 1.90 bits per heavy atom. The number of tetrazole rings is 1. The first-order valence-corrected chi connectivity index (χ1v) is 12.2. The van der Waals surface area contributed by atoms with Gasteiger partial charge in [-0.3, -0.25) is 4.79 Å². The minimum atomic E-state index is 0.431. The van der Waals surface area contributed by atoms with Gasteiger partial charge in [0, 0.05) is 19.3 Å². The Morgan fingerprint density at radius 1 is 1.07 bits per heavy atom. The number of Topliss-reactive ketones (excluding diaryl/α,β-unsaturated/α-hetero) is 1. The lowest BCUT2D eigenvalue weighted by Crippen LogP contribution is -2.53.